The minimum atomic E-state index is -0.859. The van der Waals surface area contributed by atoms with E-state index in [1.54, 1.807) is 6.07 Å². The number of hydrogen-bond donors (Lipinski definition) is 1. The lowest BCUT2D eigenvalue weighted by molar-refractivity contribution is -0.390. The van der Waals surface area contributed by atoms with Crippen molar-refractivity contribution in [3.63, 3.8) is 0 Å². The molecule has 0 radical (unpaired) electrons. The van der Waals surface area contributed by atoms with Crippen molar-refractivity contribution in [2.24, 2.45) is 0 Å². The average molecular weight is 252 g/mol. The van der Waals surface area contributed by atoms with Gasteiger partial charge >= 0.3 is 5.82 Å². The Morgan fingerprint density at radius 2 is 2.17 bits per heavy atom. The predicted octanol–water partition coefficient (Wildman–Crippen LogP) is 2.06. The van der Waals surface area contributed by atoms with Crippen LogP contribution in [-0.2, 0) is 0 Å². The van der Waals surface area contributed by atoms with Gasteiger partial charge in [0, 0.05) is 0 Å². The molecule has 1 aliphatic rings. The molecule has 1 N–H and O–H groups in total. The van der Waals surface area contributed by atoms with Gasteiger partial charge in [-0.3, -0.25) is 0 Å². The van der Waals surface area contributed by atoms with Crippen molar-refractivity contribution >= 4 is 5.82 Å². The van der Waals surface area contributed by atoms with Gasteiger partial charge in [-0.05, 0) is 34.9 Å². The fourth-order valence-corrected chi connectivity index (χ4v) is 2.20. The van der Waals surface area contributed by atoms with Crippen LogP contribution in [0.4, 0.5) is 5.82 Å². The summed E-state index contributed by atoms with van der Waals surface area (Å²) in [4.78, 5) is 13.8. The zero-order valence-corrected chi connectivity index (χ0v) is 10.0. The second kappa shape index (κ2) is 5.30. The fourth-order valence-electron chi connectivity index (χ4n) is 2.20. The van der Waals surface area contributed by atoms with Crippen LogP contribution in [0.15, 0.2) is 18.3 Å². The third-order valence-corrected chi connectivity index (χ3v) is 3.20. The first-order chi connectivity index (χ1) is 8.61. The Morgan fingerprint density at radius 3 is 2.83 bits per heavy atom. The van der Waals surface area contributed by atoms with Gasteiger partial charge in [0.15, 0.2) is 0 Å². The molecule has 1 aromatic rings. The van der Waals surface area contributed by atoms with Gasteiger partial charge in [-0.2, -0.15) is 0 Å². The summed E-state index contributed by atoms with van der Waals surface area (Å²) in [6.45, 7) is 0.0829. The number of ether oxygens (including phenoxy) is 1. The number of pyridine rings is 1. The second-order valence-electron chi connectivity index (χ2n) is 4.66. The van der Waals surface area contributed by atoms with Crippen molar-refractivity contribution in [1.82, 2.24) is 4.98 Å². The number of nitrogens with zero attached hydrogens (tertiary/aromatic N) is 2. The smallest absolute Gasteiger partial charge is 0.406 e. The highest BCUT2D eigenvalue weighted by Crippen LogP contribution is 2.30. The first kappa shape index (κ1) is 12.8. The lowest BCUT2D eigenvalue weighted by Gasteiger charge is -2.31. The maximum Gasteiger partial charge on any atom is 0.406 e. The van der Waals surface area contributed by atoms with Crippen molar-refractivity contribution in [3.05, 3.63) is 28.4 Å². The van der Waals surface area contributed by atoms with E-state index in [2.05, 4.69) is 4.98 Å². The molecule has 0 amide bonds. The predicted molar refractivity (Wildman–Crippen MR) is 64.4 cm³/mol. The maximum absolute atomic E-state index is 10.8. The van der Waals surface area contributed by atoms with Crippen molar-refractivity contribution in [2.75, 3.05) is 6.61 Å². The Balaban J connectivity index is 2.03. The molecule has 0 aliphatic heterocycles. The summed E-state index contributed by atoms with van der Waals surface area (Å²) in [6, 6.07) is 3.07. The van der Waals surface area contributed by atoms with Crippen molar-refractivity contribution < 1.29 is 14.8 Å². The third kappa shape index (κ3) is 2.95. The van der Waals surface area contributed by atoms with E-state index in [1.807, 2.05) is 0 Å². The van der Waals surface area contributed by atoms with E-state index >= 15 is 0 Å². The highest BCUT2D eigenvalue weighted by molar-refractivity contribution is 5.38. The number of rotatable bonds is 4. The van der Waals surface area contributed by atoms with E-state index in [0.29, 0.717) is 12.8 Å². The van der Waals surface area contributed by atoms with Crippen LogP contribution in [0, 0.1) is 10.1 Å². The van der Waals surface area contributed by atoms with Crippen LogP contribution in [0.25, 0.3) is 0 Å². The maximum atomic E-state index is 10.8. The number of hydrogen-bond acceptors (Lipinski definition) is 5. The molecule has 0 spiro atoms. The zero-order chi connectivity index (χ0) is 13.0. The van der Waals surface area contributed by atoms with Gasteiger partial charge < -0.3 is 20.0 Å². The molecule has 1 aromatic heterocycles. The second-order valence-corrected chi connectivity index (χ2v) is 4.66. The van der Waals surface area contributed by atoms with Crippen LogP contribution in [0.2, 0.25) is 0 Å². The van der Waals surface area contributed by atoms with Gasteiger partial charge in [-0.25, -0.2) is 0 Å². The summed E-state index contributed by atoms with van der Waals surface area (Å²) in [5.41, 5.74) is -0.859. The molecule has 0 unspecified atom stereocenters. The topological polar surface area (TPSA) is 85.5 Å². The monoisotopic (exact) mass is 252 g/mol. The van der Waals surface area contributed by atoms with Crippen LogP contribution in [0.5, 0.6) is 5.75 Å². The number of aromatic nitrogens is 1. The molecule has 0 bridgehead atoms. The van der Waals surface area contributed by atoms with Crippen molar-refractivity contribution in [2.45, 2.75) is 37.7 Å². The third-order valence-electron chi connectivity index (χ3n) is 3.20. The minimum Gasteiger partial charge on any atom is -0.483 e. The lowest BCUT2D eigenvalue weighted by Crippen LogP contribution is -2.38. The summed E-state index contributed by atoms with van der Waals surface area (Å²) in [5, 5.41) is 21.0. The summed E-state index contributed by atoms with van der Waals surface area (Å²) < 4.78 is 5.39. The SMILES string of the molecule is O=[N+]([O-])c1ncccc1OCC1(O)CCCCC1. The molecule has 1 aliphatic carbocycles. The van der Waals surface area contributed by atoms with Crippen LogP contribution in [0.3, 0.4) is 0 Å². The molecule has 0 atom stereocenters. The Morgan fingerprint density at radius 1 is 1.44 bits per heavy atom. The molecule has 0 saturated heterocycles. The fraction of sp³-hybridized carbons (Fsp3) is 0.583. The average Bonchev–Trinajstić information content (AvgIpc) is 2.38. The van der Waals surface area contributed by atoms with E-state index in [1.165, 1.54) is 12.3 Å². The molecule has 1 heterocycles. The molecule has 18 heavy (non-hydrogen) atoms. The van der Waals surface area contributed by atoms with Gasteiger partial charge in [0.25, 0.3) is 0 Å². The standard InChI is InChI=1S/C12H16N2O4/c15-12(6-2-1-3-7-12)9-18-10-5-4-8-13-11(10)14(16)17/h4-5,8,15H,1-3,6-7,9H2. The van der Waals surface area contributed by atoms with Crippen molar-refractivity contribution in [3.8, 4) is 5.75 Å². The zero-order valence-electron chi connectivity index (χ0n) is 10.0. The van der Waals surface area contributed by atoms with Crippen molar-refractivity contribution in [1.29, 1.82) is 0 Å². The quantitative estimate of drug-likeness (QED) is 0.654. The van der Waals surface area contributed by atoms with Gasteiger partial charge in [-0.1, -0.05) is 19.3 Å². The molecule has 0 aromatic carbocycles. The summed E-state index contributed by atoms with van der Waals surface area (Å²) in [6.07, 6.45) is 5.77. The highest BCUT2D eigenvalue weighted by Gasteiger charge is 2.31. The van der Waals surface area contributed by atoms with E-state index in [0.717, 1.165) is 19.3 Å². The molecular formula is C12H16N2O4. The summed E-state index contributed by atoms with van der Waals surface area (Å²) in [7, 11) is 0. The molecule has 6 heteroatoms. The largest absolute Gasteiger partial charge is 0.483 e. The number of aliphatic hydroxyl groups is 1. The van der Waals surface area contributed by atoms with Crippen LogP contribution < -0.4 is 4.74 Å². The van der Waals surface area contributed by atoms with Gasteiger partial charge in [0.1, 0.15) is 12.8 Å². The van der Waals surface area contributed by atoms with Crippen LogP contribution in [-0.4, -0.2) is 27.2 Å². The lowest BCUT2D eigenvalue weighted by atomic mass is 9.85. The molecule has 6 nitrogen and oxygen atoms in total. The van der Waals surface area contributed by atoms with E-state index in [-0.39, 0.29) is 18.2 Å². The van der Waals surface area contributed by atoms with Gasteiger partial charge in [-0.15, -0.1) is 0 Å². The highest BCUT2D eigenvalue weighted by atomic mass is 16.6. The number of nitro groups is 1. The van der Waals surface area contributed by atoms with Crippen LogP contribution in [0.1, 0.15) is 32.1 Å². The Bertz CT molecular complexity index is 430. The van der Waals surface area contributed by atoms with E-state index in [9.17, 15) is 15.2 Å². The Kier molecular flexibility index (Phi) is 3.76. The molecular weight excluding hydrogens is 236 g/mol. The Hall–Kier alpha value is -1.69. The van der Waals surface area contributed by atoms with Crippen LogP contribution >= 0.6 is 0 Å². The van der Waals surface area contributed by atoms with Gasteiger partial charge in [0.05, 0.1) is 5.60 Å². The first-order valence-corrected chi connectivity index (χ1v) is 6.05. The molecule has 2 rings (SSSR count). The van der Waals surface area contributed by atoms with E-state index in [4.69, 9.17) is 4.74 Å². The molecule has 1 saturated carbocycles. The van der Waals surface area contributed by atoms with Gasteiger partial charge in [0.2, 0.25) is 5.75 Å². The Labute approximate surface area is 105 Å². The normalized spacial score (nSPS) is 18.3. The minimum absolute atomic E-state index is 0.0829. The first-order valence-electron chi connectivity index (χ1n) is 6.05. The molecule has 98 valence electrons. The summed E-state index contributed by atoms with van der Waals surface area (Å²) >= 11 is 0. The molecule has 1 fully saturated rings. The summed E-state index contributed by atoms with van der Waals surface area (Å²) in [5.74, 6) is -0.196. The van der Waals surface area contributed by atoms with E-state index < -0.39 is 10.5 Å².